The maximum Gasteiger partial charge on any atom is 0.232 e. The molecule has 1 amide bonds. The van der Waals surface area contributed by atoms with Crippen molar-refractivity contribution in [1.29, 1.82) is 0 Å². The van der Waals surface area contributed by atoms with E-state index in [-0.39, 0.29) is 11.9 Å². The van der Waals surface area contributed by atoms with Crippen LogP contribution in [0.25, 0.3) is 0 Å². The molecule has 0 fully saturated rings. The minimum atomic E-state index is 0.0772. The van der Waals surface area contributed by atoms with E-state index in [9.17, 15) is 4.79 Å². The van der Waals surface area contributed by atoms with Gasteiger partial charge in [0.05, 0.1) is 5.75 Å². The van der Waals surface area contributed by atoms with Crippen molar-refractivity contribution in [3.05, 3.63) is 0 Å². The Kier molecular flexibility index (Phi) is 3.70. The zero-order chi connectivity index (χ0) is 7.44. The summed E-state index contributed by atoms with van der Waals surface area (Å²) in [5.74, 6) is 0.377. The molecule has 0 unspecified atom stereocenters. The van der Waals surface area contributed by atoms with E-state index in [1.165, 1.54) is 0 Å². The Morgan fingerprint density at radius 1 is 1.67 bits per heavy atom. The molecule has 0 aromatic carbocycles. The van der Waals surface area contributed by atoms with Gasteiger partial charge in [0.15, 0.2) is 0 Å². The molecule has 2 nitrogen and oxygen atoms in total. The average Bonchev–Trinajstić information content (AvgIpc) is 1.84. The molecule has 9 heavy (non-hydrogen) atoms. The number of amides is 1. The van der Waals surface area contributed by atoms with Gasteiger partial charge >= 0.3 is 0 Å². The lowest BCUT2D eigenvalue weighted by atomic mass is 10.3. The summed E-state index contributed by atoms with van der Waals surface area (Å²) in [6.45, 7) is 3.95. The SMILES string of the molecule is CC(C)N(C)C(=O)CS. The van der Waals surface area contributed by atoms with Crippen molar-refractivity contribution in [2.45, 2.75) is 19.9 Å². The molecule has 0 aliphatic heterocycles. The number of carbonyl (C=O) groups is 1. The van der Waals surface area contributed by atoms with Crippen molar-refractivity contribution in [2.24, 2.45) is 0 Å². The van der Waals surface area contributed by atoms with Crippen molar-refractivity contribution in [1.82, 2.24) is 4.90 Å². The minimum absolute atomic E-state index is 0.0772. The van der Waals surface area contributed by atoms with Crippen LogP contribution >= 0.6 is 12.6 Å². The summed E-state index contributed by atoms with van der Waals surface area (Å²) in [4.78, 5) is 12.5. The molecule has 0 aromatic heterocycles. The third-order valence-electron chi connectivity index (χ3n) is 1.30. The van der Waals surface area contributed by atoms with Crippen molar-refractivity contribution < 1.29 is 4.79 Å². The summed E-state index contributed by atoms with van der Waals surface area (Å²) < 4.78 is 0. The van der Waals surface area contributed by atoms with Gasteiger partial charge in [-0.05, 0) is 13.8 Å². The highest BCUT2D eigenvalue weighted by Gasteiger charge is 2.07. The second-order valence-electron chi connectivity index (χ2n) is 2.26. The van der Waals surface area contributed by atoms with E-state index >= 15 is 0 Å². The molecule has 0 rings (SSSR count). The van der Waals surface area contributed by atoms with E-state index in [0.29, 0.717) is 5.75 Å². The van der Waals surface area contributed by atoms with Crippen LogP contribution in [0.2, 0.25) is 0 Å². The first-order valence-corrected chi connectivity index (χ1v) is 3.59. The second-order valence-corrected chi connectivity index (χ2v) is 2.57. The summed E-state index contributed by atoms with van der Waals surface area (Å²) in [7, 11) is 1.78. The molecule has 0 radical (unpaired) electrons. The van der Waals surface area contributed by atoms with E-state index in [4.69, 9.17) is 0 Å². The number of hydrogen-bond donors (Lipinski definition) is 1. The van der Waals surface area contributed by atoms with Crippen molar-refractivity contribution in [3.8, 4) is 0 Å². The van der Waals surface area contributed by atoms with Crippen molar-refractivity contribution >= 4 is 18.5 Å². The van der Waals surface area contributed by atoms with Crippen LogP contribution < -0.4 is 0 Å². The van der Waals surface area contributed by atoms with Gasteiger partial charge in [0.25, 0.3) is 0 Å². The van der Waals surface area contributed by atoms with E-state index < -0.39 is 0 Å². The fraction of sp³-hybridized carbons (Fsp3) is 0.833. The van der Waals surface area contributed by atoms with Gasteiger partial charge in [-0.3, -0.25) is 4.79 Å². The summed E-state index contributed by atoms with van der Waals surface area (Å²) in [5.41, 5.74) is 0. The molecule has 3 heteroatoms. The molecule has 0 bridgehead atoms. The van der Waals surface area contributed by atoms with Gasteiger partial charge in [-0.25, -0.2) is 0 Å². The number of nitrogens with zero attached hydrogens (tertiary/aromatic N) is 1. The molecule has 0 atom stereocenters. The maximum absolute atomic E-state index is 10.8. The zero-order valence-electron chi connectivity index (χ0n) is 6.09. The normalized spacial score (nSPS) is 9.89. The lowest BCUT2D eigenvalue weighted by Crippen LogP contribution is -2.33. The largest absolute Gasteiger partial charge is 0.343 e. The molecule has 54 valence electrons. The summed E-state index contributed by atoms with van der Waals surface area (Å²) in [5, 5.41) is 0. The van der Waals surface area contributed by atoms with Crippen LogP contribution in [0, 0.1) is 0 Å². The van der Waals surface area contributed by atoms with Crippen LogP contribution in [0.15, 0.2) is 0 Å². The minimum Gasteiger partial charge on any atom is -0.343 e. The monoisotopic (exact) mass is 147 g/mol. The third kappa shape index (κ3) is 2.75. The Balaban J connectivity index is 3.72. The van der Waals surface area contributed by atoms with E-state index in [2.05, 4.69) is 12.6 Å². The molecule has 0 heterocycles. The zero-order valence-corrected chi connectivity index (χ0v) is 6.98. The predicted molar refractivity (Wildman–Crippen MR) is 41.8 cm³/mol. The number of hydrogen-bond acceptors (Lipinski definition) is 2. The third-order valence-corrected chi connectivity index (χ3v) is 1.57. The van der Waals surface area contributed by atoms with E-state index in [1.54, 1.807) is 11.9 Å². The first-order valence-electron chi connectivity index (χ1n) is 2.96. The molecular weight excluding hydrogens is 134 g/mol. The lowest BCUT2D eigenvalue weighted by molar-refractivity contribution is -0.128. The molecule has 0 N–H and O–H groups in total. The number of thiol groups is 1. The van der Waals surface area contributed by atoms with Gasteiger partial charge in [0.1, 0.15) is 0 Å². The first-order chi connectivity index (χ1) is 4.09. The van der Waals surface area contributed by atoms with E-state index in [1.807, 2.05) is 13.8 Å². The standard InChI is InChI=1S/C6H13NOS/c1-5(2)7(3)6(8)4-9/h5,9H,4H2,1-3H3. The Hall–Kier alpha value is -0.180. The molecule has 0 aliphatic rings. The summed E-state index contributed by atoms with van der Waals surface area (Å²) in [6.07, 6.45) is 0. The highest BCUT2D eigenvalue weighted by Crippen LogP contribution is 1.94. The fourth-order valence-electron chi connectivity index (χ4n) is 0.400. The highest BCUT2D eigenvalue weighted by atomic mass is 32.1. The summed E-state index contributed by atoms with van der Waals surface area (Å²) >= 11 is 3.86. The molecule has 0 aliphatic carbocycles. The quantitative estimate of drug-likeness (QED) is 0.572. The van der Waals surface area contributed by atoms with Crippen molar-refractivity contribution in [2.75, 3.05) is 12.8 Å². The van der Waals surface area contributed by atoms with Gasteiger partial charge in [0, 0.05) is 13.1 Å². The Bertz CT molecular complexity index is 103. The molecule has 0 aromatic rings. The predicted octanol–water partition coefficient (Wildman–Crippen LogP) is 0.783. The van der Waals surface area contributed by atoms with Gasteiger partial charge in [-0.2, -0.15) is 12.6 Å². The van der Waals surface area contributed by atoms with E-state index in [0.717, 1.165) is 0 Å². The lowest BCUT2D eigenvalue weighted by Gasteiger charge is -2.19. The number of carbonyl (C=O) groups excluding carboxylic acids is 1. The summed E-state index contributed by atoms with van der Waals surface area (Å²) in [6, 6.07) is 0.282. The molecule has 0 saturated heterocycles. The molecular formula is C6H13NOS. The second kappa shape index (κ2) is 3.77. The maximum atomic E-state index is 10.8. The van der Waals surface area contributed by atoms with Crippen molar-refractivity contribution in [3.63, 3.8) is 0 Å². The topological polar surface area (TPSA) is 20.3 Å². The Labute approximate surface area is 61.6 Å². The average molecular weight is 147 g/mol. The van der Waals surface area contributed by atoms with Gasteiger partial charge in [-0.15, -0.1) is 0 Å². The first kappa shape index (κ1) is 8.82. The van der Waals surface area contributed by atoms with Crippen LogP contribution in [0.5, 0.6) is 0 Å². The Morgan fingerprint density at radius 3 is 2.22 bits per heavy atom. The number of rotatable bonds is 2. The Morgan fingerprint density at radius 2 is 2.11 bits per heavy atom. The smallest absolute Gasteiger partial charge is 0.232 e. The van der Waals surface area contributed by atoms with Gasteiger partial charge < -0.3 is 4.90 Å². The molecule has 0 spiro atoms. The highest BCUT2D eigenvalue weighted by molar-refractivity contribution is 7.81. The van der Waals surface area contributed by atoms with Crippen LogP contribution in [-0.4, -0.2) is 29.6 Å². The fourth-order valence-corrected chi connectivity index (χ4v) is 0.623. The van der Waals surface area contributed by atoms with Crippen LogP contribution in [-0.2, 0) is 4.79 Å². The molecule has 0 saturated carbocycles. The van der Waals surface area contributed by atoms with Crippen LogP contribution in [0.3, 0.4) is 0 Å². The van der Waals surface area contributed by atoms with Crippen LogP contribution in [0.4, 0.5) is 0 Å². The van der Waals surface area contributed by atoms with Gasteiger partial charge in [0.2, 0.25) is 5.91 Å². The van der Waals surface area contributed by atoms with Gasteiger partial charge in [-0.1, -0.05) is 0 Å². The van der Waals surface area contributed by atoms with Crippen LogP contribution in [0.1, 0.15) is 13.8 Å².